The normalized spacial score (nSPS) is 27.4. The van der Waals surface area contributed by atoms with Gasteiger partial charge in [-0.05, 0) is 51.2 Å². The van der Waals surface area contributed by atoms with Crippen molar-refractivity contribution >= 4 is 30.3 Å². The zero-order valence-electron chi connectivity index (χ0n) is 16.4. The number of benzene rings is 1. The van der Waals surface area contributed by atoms with Crippen molar-refractivity contribution in [3.05, 3.63) is 23.8 Å². The van der Waals surface area contributed by atoms with Crippen LogP contribution in [0.15, 0.2) is 18.2 Å². The number of nitrogens with zero attached hydrogens (tertiary/aromatic N) is 1. The van der Waals surface area contributed by atoms with Crippen LogP contribution >= 0.6 is 0 Å². The summed E-state index contributed by atoms with van der Waals surface area (Å²) in [5.41, 5.74) is 2.07. The Morgan fingerprint density at radius 2 is 1.93 bits per heavy atom. The van der Waals surface area contributed by atoms with Gasteiger partial charge in [0.05, 0.1) is 29.5 Å². The number of hydrogen-bond acceptors (Lipinski definition) is 5. The number of carbonyl (C=O) groups excluding carboxylic acids is 2. The van der Waals surface area contributed by atoms with Crippen molar-refractivity contribution in [1.82, 2.24) is 5.32 Å². The molecule has 7 nitrogen and oxygen atoms in total. The predicted octanol–water partition coefficient (Wildman–Crippen LogP) is 1.37. The number of nitrogens with one attached hydrogen (secondary N) is 1. The smallest absolute Gasteiger partial charge is 0.442 e. The monoisotopic (exact) mass is 372 g/mol. The van der Waals surface area contributed by atoms with E-state index in [1.54, 1.807) is 4.90 Å². The van der Waals surface area contributed by atoms with Crippen LogP contribution in [0.1, 0.15) is 40.2 Å². The minimum absolute atomic E-state index is 0.104. The molecule has 1 aromatic carbocycles. The first-order chi connectivity index (χ1) is 12.6. The largest absolute Gasteiger partial charge is 0.494 e. The molecule has 27 heavy (non-hydrogen) atoms. The quantitative estimate of drug-likeness (QED) is 0.812. The van der Waals surface area contributed by atoms with E-state index in [4.69, 9.17) is 14.0 Å². The van der Waals surface area contributed by atoms with Crippen LogP contribution in [0.5, 0.6) is 0 Å². The van der Waals surface area contributed by atoms with Crippen molar-refractivity contribution in [3.8, 4) is 0 Å². The number of rotatable bonds is 3. The second-order valence-corrected chi connectivity index (χ2v) is 8.48. The summed E-state index contributed by atoms with van der Waals surface area (Å²) in [7, 11) is -0.433. The van der Waals surface area contributed by atoms with E-state index in [0.29, 0.717) is 13.0 Å². The third kappa shape index (κ3) is 2.91. The summed E-state index contributed by atoms with van der Waals surface area (Å²) < 4.78 is 17.7. The van der Waals surface area contributed by atoms with Crippen LogP contribution in [0.3, 0.4) is 0 Å². The minimum atomic E-state index is -0.433. The van der Waals surface area contributed by atoms with Gasteiger partial charge < -0.3 is 19.4 Å². The van der Waals surface area contributed by atoms with Crippen molar-refractivity contribution in [2.45, 2.75) is 64.4 Å². The molecule has 0 saturated carbocycles. The van der Waals surface area contributed by atoms with Gasteiger partial charge >= 0.3 is 13.2 Å². The van der Waals surface area contributed by atoms with Gasteiger partial charge in [-0.1, -0.05) is 12.1 Å². The van der Waals surface area contributed by atoms with Gasteiger partial charge in [0.1, 0.15) is 6.10 Å². The highest BCUT2D eigenvalue weighted by molar-refractivity contribution is 6.62. The summed E-state index contributed by atoms with van der Waals surface area (Å²) in [5.74, 6) is -0.136. The van der Waals surface area contributed by atoms with Crippen molar-refractivity contribution < 1.29 is 23.6 Å². The number of ether oxygens (including phenoxy) is 1. The first-order valence-electron chi connectivity index (χ1n) is 9.32. The van der Waals surface area contributed by atoms with Crippen molar-refractivity contribution in [3.63, 3.8) is 0 Å². The summed E-state index contributed by atoms with van der Waals surface area (Å²) >= 11 is 0. The Balaban J connectivity index is 1.56. The van der Waals surface area contributed by atoms with Gasteiger partial charge in [0.2, 0.25) is 5.91 Å². The molecule has 4 rings (SSSR count). The van der Waals surface area contributed by atoms with Crippen LogP contribution < -0.4 is 15.7 Å². The van der Waals surface area contributed by atoms with Crippen LogP contribution in [0.2, 0.25) is 0 Å². The highest BCUT2D eigenvalue weighted by Crippen LogP contribution is 2.40. The van der Waals surface area contributed by atoms with Crippen LogP contribution in [-0.2, 0) is 25.3 Å². The van der Waals surface area contributed by atoms with E-state index in [-0.39, 0.29) is 24.1 Å². The van der Waals surface area contributed by atoms with Crippen LogP contribution in [0, 0.1) is 0 Å². The Morgan fingerprint density at radius 3 is 2.56 bits per heavy atom. The summed E-state index contributed by atoms with van der Waals surface area (Å²) in [5, 5.41) is 2.74. The average Bonchev–Trinajstić information content (AvgIpc) is 3.15. The maximum atomic E-state index is 12.3. The molecule has 8 heteroatoms. The Morgan fingerprint density at radius 1 is 1.26 bits per heavy atom. The highest BCUT2D eigenvalue weighted by Gasteiger charge is 2.52. The molecule has 0 radical (unpaired) electrons. The minimum Gasteiger partial charge on any atom is -0.442 e. The lowest BCUT2D eigenvalue weighted by molar-refractivity contribution is -0.119. The molecule has 3 heterocycles. The fourth-order valence-corrected chi connectivity index (χ4v) is 3.84. The molecule has 2 fully saturated rings. The van der Waals surface area contributed by atoms with E-state index in [2.05, 4.69) is 11.4 Å². The fourth-order valence-electron chi connectivity index (χ4n) is 3.84. The third-order valence-electron chi connectivity index (χ3n) is 6.08. The maximum absolute atomic E-state index is 12.3. The molecule has 0 aliphatic carbocycles. The number of cyclic esters (lactones) is 1. The molecular formula is C19H25BN2O5. The molecule has 2 atom stereocenters. The molecule has 3 aliphatic rings. The number of carbonyl (C=O) groups is 2. The van der Waals surface area contributed by atoms with Crippen LogP contribution in [0.4, 0.5) is 10.5 Å². The predicted molar refractivity (Wildman–Crippen MR) is 101 cm³/mol. The number of hydrogen-bond donors (Lipinski definition) is 1. The molecule has 0 spiro atoms. The molecule has 0 aromatic heterocycles. The third-order valence-corrected chi connectivity index (χ3v) is 6.08. The van der Waals surface area contributed by atoms with Crippen molar-refractivity contribution in [2.75, 3.05) is 11.4 Å². The lowest BCUT2D eigenvalue weighted by Crippen LogP contribution is -2.41. The van der Waals surface area contributed by atoms with Gasteiger partial charge in [0, 0.05) is 6.92 Å². The van der Waals surface area contributed by atoms with Crippen LogP contribution in [0.25, 0.3) is 0 Å². The lowest BCUT2D eigenvalue weighted by Gasteiger charge is -2.32. The first-order valence-corrected chi connectivity index (χ1v) is 9.32. The topological polar surface area (TPSA) is 77.1 Å². The second kappa shape index (κ2) is 5.97. The van der Waals surface area contributed by atoms with Gasteiger partial charge in [0.15, 0.2) is 0 Å². The summed E-state index contributed by atoms with van der Waals surface area (Å²) in [6, 6.07) is 5.82. The Kier molecular flexibility index (Phi) is 4.05. The summed E-state index contributed by atoms with van der Waals surface area (Å²) in [6.07, 6.45) is -0.0369. The zero-order valence-corrected chi connectivity index (χ0v) is 16.4. The average molecular weight is 372 g/mol. The molecule has 2 saturated heterocycles. The first kappa shape index (κ1) is 18.3. The van der Waals surface area contributed by atoms with Gasteiger partial charge in [-0.3, -0.25) is 9.69 Å². The van der Waals surface area contributed by atoms with E-state index in [1.807, 2.05) is 39.8 Å². The highest BCUT2D eigenvalue weighted by atomic mass is 16.7. The summed E-state index contributed by atoms with van der Waals surface area (Å²) in [4.78, 5) is 25.2. The van der Waals surface area contributed by atoms with Crippen molar-refractivity contribution in [1.29, 1.82) is 0 Å². The molecule has 1 N–H and O–H groups in total. The Hall–Kier alpha value is -2.06. The van der Waals surface area contributed by atoms with E-state index in [1.165, 1.54) is 6.92 Å². The number of anilines is 1. The molecular weight excluding hydrogens is 347 g/mol. The molecule has 0 bridgehead atoms. The maximum Gasteiger partial charge on any atom is 0.494 e. The van der Waals surface area contributed by atoms with E-state index in [0.717, 1.165) is 16.7 Å². The molecule has 2 amide bonds. The number of amides is 2. The van der Waals surface area contributed by atoms with E-state index >= 15 is 0 Å². The molecule has 3 aliphatic heterocycles. The van der Waals surface area contributed by atoms with Gasteiger partial charge in [-0.2, -0.15) is 0 Å². The lowest BCUT2D eigenvalue weighted by atomic mass is 9.78. The zero-order chi connectivity index (χ0) is 19.6. The molecule has 144 valence electrons. The number of fused-ring (bicyclic) bond motifs is 3. The Labute approximate surface area is 159 Å². The van der Waals surface area contributed by atoms with Crippen LogP contribution in [-0.4, -0.2) is 49.0 Å². The van der Waals surface area contributed by atoms with E-state index in [9.17, 15) is 9.59 Å². The Bertz CT molecular complexity index is 793. The van der Waals surface area contributed by atoms with Gasteiger partial charge in [0.25, 0.3) is 0 Å². The van der Waals surface area contributed by atoms with Gasteiger partial charge in [-0.15, -0.1) is 0 Å². The van der Waals surface area contributed by atoms with Crippen molar-refractivity contribution in [2.24, 2.45) is 0 Å². The van der Waals surface area contributed by atoms with E-state index < -0.39 is 18.3 Å². The standard InChI is InChI=1S/C19H25BN2O5/c1-11(23)21-10-16-15-9-12-8-13(6-7-14(12)22(15)17(24)25-16)20-26-18(2,3)19(4,5)27-20/h6-8,15-16H,9-10H2,1-5H3,(H,21,23). The molecule has 2 unspecified atom stereocenters. The SMILES string of the molecule is CC(=O)NCC1OC(=O)N2c3ccc(B4OC(C)(C)C(C)(C)O4)cc3CC12. The second-order valence-electron chi connectivity index (χ2n) is 8.48. The fraction of sp³-hybridized carbons (Fsp3) is 0.579. The van der Waals surface area contributed by atoms with Gasteiger partial charge in [-0.25, -0.2) is 4.79 Å². The molecule has 1 aromatic rings. The summed E-state index contributed by atoms with van der Waals surface area (Å²) in [6.45, 7) is 9.88.